The summed E-state index contributed by atoms with van der Waals surface area (Å²) in [5.41, 5.74) is 1.08. The van der Waals surface area contributed by atoms with Crippen molar-refractivity contribution >= 4 is 5.91 Å². The highest BCUT2D eigenvalue weighted by molar-refractivity contribution is 5.81. The SMILES string of the molecule is CNC(=O)[C@H]1COC2(CN(Cc3ccccc3OC)C2)CN1CC1CC1. The molecule has 0 unspecified atom stereocenters. The highest BCUT2D eigenvalue weighted by Crippen LogP contribution is 2.36. The Morgan fingerprint density at radius 1 is 1.31 bits per heavy atom. The molecular formula is C20H29N3O3. The van der Waals surface area contributed by atoms with Gasteiger partial charge in [-0.05, 0) is 24.8 Å². The Balaban J connectivity index is 1.37. The number of hydrogen-bond acceptors (Lipinski definition) is 5. The fourth-order valence-corrected chi connectivity index (χ4v) is 4.27. The predicted molar refractivity (Wildman–Crippen MR) is 99.1 cm³/mol. The fourth-order valence-electron chi connectivity index (χ4n) is 4.27. The van der Waals surface area contributed by atoms with Crippen LogP contribution in [0.25, 0.3) is 0 Å². The second-order valence-corrected chi connectivity index (χ2v) is 7.95. The number of methoxy groups -OCH3 is 1. The monoisotopic (exact) mass is 359 g/mol. The normalized spacial score (nSPS) is 25.7. The number of morpholine rings is 1. The van der Waals surface area contributed by atoms with Crippen LogP contribution in [0.1, 0.15) is 18.4 Å². The van der Waals surface area contributed by atoms with E-state index >= 15 is 0 Å². The van der Waals surface area contributed by atoms with Gasteiger partial charge in [0.05, 0.1) is 13.7 Å². The first-order valence-corrected chi connectivity index (χ1v) is 9.56. The fraction of sp³-hybridized carbons (Fsp3) is 0.650. The smallest absolute Gasteiger partial charge is 0.239 e. The zero-order valence-corrected chi connectivity index (χ0v) is 15.7. The summed E-state index contributed by atoms with van der Waals surface area (Å²) in [4.78, 5) is 17.0. The van der Waals surface area contributed by atoms with E-state index in [0.29, 0.717) is 6.61 Å². The molecule has 1 amide bonds. The van der Waals surface area contributed by atoms with E-state index in [9.17, 15) is 4.79 Å². The molecule has 1 aliphatic carbocycles. The number of nitrogens with zero attached hydrogens (tertiary/aromatic N) is 2. The van der Waals surface area contributed by atoms with Gasteiger partial charge < -0.3 is 14.8 Å². The molecule has 3 aliphatic rings. The maximum absolute atomic E-state index is 12.2. The molecular weight excluding hydrogens is 330 g/mol. The Bertz CT molecular complexity index is 655. The Morgan fingerprint density at radius 3 is 2.77 bits per heavy atom. The Hall–Kier alpha value is -1.63. The molecule has 2 saturated heterocycles. The highest BCUT2D eigenvalue weighted by Gasteiger charge is 2.51. The van der Waals surface area contributed by atoms with E-state index in [1.165, 1.54) is 18.4 Å². The molecule has 26 heavy (non-hydrogen) atoms. The Kier molecular flexibility index (Phi) is 4.90. The lowest BCUT2D eigenvalue weighted by Gasteiger charge is -2.55. The summed E-state index contributed by atoms with van der Waals surface area (Å²) < 4.78 is 11.7. The van der Waals surface area contributed by atoms with Crippen LogP contribution in [0.3, 0.4) is 0 Å². The number of carbonyl (C=O) groups is 1. The van der Waals surface area contributed by atoms with Gasteiger partial charge in [0.2, 0.25) is 5.91 Å². The zero-order chi connectivity index (χ0) is 18.1. The molecule has 1 aromatic rings. The van der Waals surface area contributed by atoms with Gasteiger partial charge in [-0.2, -0.15) is 0 Å². The molecule has 1 aromatic carbocycles. The van der Waals surface area contributed by atoms with E-state index in [4.69, 9.17) is 9.47 Å². The molecule has 1 N–H and O–H groups in total. The number of likely N-dealkylation sites (N-methyl/N-ethyl adjacent to an activating group) is 1. The summed E-state index contributed by atoms with van der Waals surface area (Å²) >= 11 is 0. The maximum atomic E-state index is 12.2. The van der Waals surface area contributed by atoms with Gasteiger partial charge in [0.1, 0.15) is 17.4 Å². The summed E-state index contributed by atoms with van der Waals surface area (Å²) in [6, 6.07) is 8.03. The summed E-state index contributed by atoms with van der Waals surface area (Å²) in [7, 11) is 3.43. The van der Waals surface area contributed by atoms with Crippen LogP contribution in [0, 0.1) is 5.92 Å². The predicted octanol–water partition coefficient (Wildman–Crippen LogP) is 1.11. The number of benzene rings is 1. The van der Waals surface area contributed by atoms with Crippen molar-refractivity contribution in [1.29, 1.82) is 0 Å². The minimum absolute atomic E-state index is 0.0747. The van der Waals surface area contributed by atoms with Crippen LogP contribution in [0.15, 0.2) is 24.3 Å². The number of amides is 1. The number of carbonyl (C=O) groups excluding carboxylic acids is 1. The van der Waals surface area contributed by atoms with Gasteiger partial charge in [0, 0.05) is 45.3 Å². The van der Waals surface area contributed by atoms with Crippen molar-refractivity contribution in [1.82, 2.24) is 15.1 Å². The average molecular weight is 359 g/mol. The van der Waals surface area contributed by atoms with Gasteiger partial charge in [0.25, 0.3) is 0 Å². The van der Waals surface area contributed by atoms with E-state index in [2.05, 4.69) is 27.2 Å². The number of ether oxygens (including phenoxy) is 2. The molecule has 6 nitrogen and oxygen atoms in total. The molecule has 0 bridgehead atoms. The van der Waals surface area contributed by atoms with Gasteiger partial charge in [-0.15, -0.1) is 0 Å². The minimum Gasteiger partial charge on any atom is -0.496 e. The van der Waals surface area contributed by atoms with E-state index < -0.39 is 0 Å². The number of hydrogen-bond donors (Lipinski definition) is 1. The zero-order valence-electron chi connectivity index (χ0n) is 15.7. The molecule has 3 fully saturated rings. The third-order valence-electron chi connectivity index (χ3n) is 5.83. The number of likely N-dealkylation sites (tertiary alicyclic amines) is 1. The van der Waals surface area contributed by atoms with E-state index in [-0.39, 0.29) is 17.6 Å². The van der Waals surface area contributed by atoms with Crippen molar-refractivity contribution in [2.45, 2.75) is 31.0 Å². The molecule has 6 heteroatoms. The number of nitrogens with one attached hydrogen (secondary N) is 1. The van der Waals surface area contributed by atoms with Crippen LogP contribution in [-0.2, 0) is 16.1 Å². The first-order chi connectivity index (χ1) is 12.6. The van der Waals surface area contributed by atoms with Crippen LogP contribution in [0.4, 0.5) is 0 Å². The lowest BCUT2D eigenvalue weighted by molar-refractivity contribution is -0.203. The summed E-state index contributed by atoms with van der Waals surface area (Å²) in [5.74, 6) is 1.78. The summed E-state index contributed by atoms with van der Waals surface area (Å²) in [5, 5.41) is 2.79. The summed E-state index contributed by atoms with van der Waals surface area (Å²) in [6.07, 6.45) is 2.59. The van der Waals surface area contributed by atoms with Crippen LogP contribution in [0.5, 0.6) is 5.75 Å². The van der Waals surface area contributed by atoms with Crippen molar-refractivity contribution in [3.05, 3.63) is 29.8 Å². The number of para-hydroxylation sites is 1. The van der Waals surface area contributed by atoms with Gasteiger partial charge in [-0.25, -0.2) is 0 Å². The molecule has 1 spiro atoms. The Labute approximate surface area is 155 Å². The lowest BCUT2D eigenvalue weighted by Crippen LogP contribution is -2.72. The van der Waals surface area contributed by atoms with E-state index in [0.717, 1.165) is 44.4 Å². The topological polar surface area (TPSA) is 54.0 Å². The minimum atomic E-state index is -0.144. The molecule has 0 radical (unpaired) electrons. The van der Waals surface area contributed by atoms with Crippen molar-refractivity contribution in [2.24, 2.45) is 5.92 Å². The second-order valence-electron chi connectivity index (χ2n) is 7.95. The standard InChI is InChI=1S/C20H29N3O3/c1-21-19(24)17-11-26-20(14-23(17)9-15-7-8-15)12-22(13-20)10-16-5-3-4-6-18(16)25-2/h3-6,15,17H,7-14H2,1-2H3,(H,21,24)/t17-/m1/s1. The molecule has 4 rings (SSSR count). The summed E-state index contributed by atoms with van der Waals surface area (Å²) in [6.45, 7) is 5.06. The molecule has 1 saturated carbocycles. The average Bonchev–Trinajstić information content (AvgIpc) is 3.44. The van der Waals surface area contributed by atoms with Crippen LogP contribution in [-0.4, -0.2) is 74.3 Å². The first-order valence-electron chi connectivity index (χ1n) is 9.56. The van der Waals surface area contributed by atoms with E-state index in [1.807, 2.05) is 12.1 Å². The lowest BCUT2D eigenvalue weighted by atomic mass is 9.89. The highest BCUT2D eigenvalue weighted by atomic mass is 16.5. The first kappa shape index (κ1) is 17.8. The molecule has 142 valence electrons. The molecule has 2 aliphatic heterocycles. The van der Waals surface area contributed by atoms with Crippen molar-refractivity contribution < 1.29 is 14.3 Å². The Morgan fingerprint density at radius 2 is 2.08 bits per heavy atom. The quantitative estimate of drug-likeness (QED) is 0.825. The largest absolute Gasteiger partial charge is 0.496 e. The van der Waals surface area contributed by atoms with Crippen LogP contribution in [0.2, 0.25) is 0 Å². The van der Waals surface area contributed by atoms with Gasteiger partial charge in [0.15, 0.2) is 0 Å². The molecule has 2 heterocycles. The maximum Gasteiger partial charge on any atom is 0.239 e. The van der Waals surface area contributed by atoms with Gasteiger partial charge >= 0.3 is 0 Å². The molecule has 1 atom stereocenters. The van der Waals surface area contributed by atoms with Crippen molar-refractivity contribution in [2.75, 3.05) is 46.9 Å². The van der Waals surface area contributed by atoms with Crippen LogP contribution < -0.4 is 10.1 Å². The molecule has 0 aromatic heterocycles. The third kappa shape index (κ3) is 3.59. The van der Waals surface area contributed by atoms with Crippen molar-refractivity contribution in [3.63, 3.8) is 0 Å². The van der Waals surface area contributed by atoms with Gasteiger partial charge in [-0.3, -0.25) is 14.6 Å². The second kappa shape index (κ2) is 7.18. The number of rotatable bonds is 6. The van der Waals surface area contributed by atoms with Crippen LogP contribution >= 0.6 is 0 Å². The van der Waals surface area contributed by atoms with Gasteiger partial charge in [-0.1, -0.05) is 18.2 Å². The van der Waals surface area contributed by atoms with Crippen molar-refractivity contribution in [3.8, 4) is 5.75 Å². The van der Waals surface area contributed by atoms with E-state index in [1.54, 1.807) is 14.2 Å². The third-order valence-corrected chi connectivity index (χ3v) is 5.83.